The molecule has 2 heterocycles. The quantitative estimate of drug-likeness (QED) is 0.773. The van der Waals surface area contributed by atoms with Gasteiger partial charge in [0.05, 0.1) is 23.7 Å². The van der Waals surface area contributed by atoms with Crippen molar-refractivity contribution in [3.63, 3.8) is 0 Å². The van der Waals surface area contributed by atoms with E-state index < -0.39 is 23.1 Å². The molecule has 2 aromatic rings. The number of ether oxygens (including phenoxy) is 1. The SMILES string of the molecule is CC1=C(C(=O)OCC(C)C)[C@H](c2ccc(Cl)cc2)c2c(n(C)c(=O)n(C)c2=O)N1. The summed E-state index contributed by atoms with van der Waals surface area (Å²) in [5.41, 5.74) is 1.00. The monoisotopic (exact) mass is 417 g/mol. The second-order valence-electron chi connectivity index (χ2n) is 7.61. The van der Waals surface area contributed by atoms with Crippen LogP contribution in [0.4, 0.5) is 5.82 Å². The molecule has 1 atom stereocenters. The average Bonchev–Trinajstić information content (AvgIpc) is 2.68. The van der Waals surface area contributed by atoms with Crippen LogP contribution in [0.25, 0.3) is 0 Å². The molecule has 1 aliphatic rings. The number of aromatic nitrogens is 2. The Kier molecular flexibility index (Phi) is 5.71. The fourth-order valence-electron chi connectivity index (χ4n) is 3.47. The van der Waals surface area contributed by atoms with E-state index in [2.05, 4.69) is 5.32 Å². The minimum Gasteiger partial charge on any atom is -0.462 e. The minimum absolute atomic E-state index is 0.173. The van der Waals surface area contributed by atoms with Crippen molar-refractivity contribution in [2.75, 3.05) is 11.9 Å². The first-order valence-electron chi connectivity index (χ1n) is 9.33. The largest absolute Gasteiger partial charge is 0.462 e. The van der Waals surface area contributed by atoms with Crippen LogP contribution in [-0.4, -0.2) is 21.7 Å². The highest BCUT2D eigenvalue weighted by atomic mass is 35.5. The summed E-state index contributed by atoms with van der Waals surface area (Å²) in [7, 11) is 3.01. The van der Waals surface area contributed by atoms with Crippen LogP contribution in [-0.2, 0) is 23.6 Å². The Balaban J connectivity index is 2.28. The van der Waals surface area contributed by atoms with Crippen LogP contribution >= 0.6 is 11.6 Å². The van der Waals surface area contributed by atoms with Gasteiger partial charge in [0.15, 0.2) is 0 Å². The van der Waals surface area contributed by atoms with Crippen LogP contribution in [0.15, 0.2) is 45.1 Å². The van der Waals surface area contributed by atoms with Gasteiger partial charge < -0.3 is 10.1 Å². The Morgan fingerprint density at radius 2 is 1.79 bits per heavy atom. The molecule has 0 radical (unpaired) electrons. The van der Waals surface area contributed by atoms with E-state index in [1.165, 1.54) is 11.6 Å². The van der Waals surface area contributed by atoms with Gasteiger partial charge in [-0.2, -0.15) is 0 Å². The maximum Gasteiger partial charge on any atom is 0.336 e. The van der Waals surface area contributed by atoms with Gasteiger partial charge in [-0.25, -0.2) is 9.59 Å². The summed E-state index contributed by atoms with van der Waals surface area (Å²) in [6, 6.07) is 6.96. The van der Waals surface area contributed by atoms with Crippen molar-refractivity contribution in [3.8, 4) is 0 Å². The molecule has 1 N–H and O–H groups in total. The lowest BCUT2D eigenvalue weighted by atomic mass is 9.82. The van der Waals surface area contributed by atoms with Gasteiger partial charge in [-0.15, -0.1) is 0 Å². The third-order valence-electron chi connectivity index (χ3n) is 4.96. The Morgan fingerprint density at radius 1 is 1.17 bits per heavy atom. The number of nitrogens with zero attached hydrogens (tertiary/aromatic N) is 2. The van der Waals surface area contributed by atoms with Crippen molar-refractivity contribution < 1.29 is 9.53 Å². The van der Waals surface area contributed by atoms with E-state index in [1.54, 1.807) is 38.2 Å². The molecule has 3 rings (SSSR count). The van der Waals surface area contributed by atoms with Gasteiger partial charge in [-0.1, -0.05) is 37.6 Å². The molecular formula is C21H24ClN3O4. The summed E-state index contributed by atoms with van der Waals surface area (Å²) in [6.07, 6.45) is 0. The first kappa shape index (κ1) is 20.9. The second kappa shape index (κ2) is 7.91. The lowest BCUT2D eigenvalue weighted by Crippen LogP contribution is -2.43. The number of benzene rings is 1. The summed E-state index contributed by atoms with van der Waals surface area (Å²) < 4.78 is 7.90. The lowest BCUT2D eigenvalue weighted by molar-refractivity contribution is -0.140. The van der Waals surface area contributed by atoms with Gasteiger partial charge in [-0.05, 0) is 30.5 Å². The molecule has 7 nitrogen and oxygen atoms in total. The molecule has 1 aromatic carbocycles. The van der Waals surface area contributed by atoms with Crippen molar-refractivity contribution in [2.45, 2.75) is 26.7 Å². The van der Waals surface area contributed by atoms with Crippen molar-refractivity contribution in [1.29, 1.82) is 0 Å². The summed E-state index contributed by atoms with van der Waals surface area (Å²) >= 11 is 6.04. The number of halogens is 1. The fraction of sp³-hybridized carbons (Fsp3) is 0.381. The van der Waals surface area contributed by atoms with Gasteiger partial charge in [0.2, 0.25) is 0 Å². The molecule has 0 fully saturated rings. The zero-order chi connectivity index (χ0) is 21.5. The molecule has 0 bridgehead atoms. The van der Waals surface area contributed by atoms with Crippen molar-refractivity contribution in [2.24, 2.45) is 20.0 Å². The Hall–Kier alpha value is -2.80. The molecule has 8 heteroatoms. The zero-order valence-electron chi connectivity index (χ0n) is 17.1. The van der Waals surface area contributed by atoms with Gasteiger partial charge in [-0.3, -0.25) is 13.9 Å². The molecule has 154 valence electrons. The van der Waals surface area contributed by atoms with E-state index in [0.29, 0.717) is 33.2 Å². The predicted octanol–water partition coefficient (Wildman–Crippen LogP) is 2.77. The van der Waals surface area contributed by atoms with Gasteiger partial charge in [0, 0.05) is 24.8 Å². The average molecular weight is 418 g/mol. The van der Waals surface area contributed by atoms with E-state index >= 15 is 0 Å². The van der Waals surface area contributed by atoms with Crippen LogP contribution in [0, 0.1) is 5.92 Å². The predicted molar refractivity (Wildman–Crippen MR) is 112 cm³/mol. The zero-order valence-corrected chi connectivity index (χ0v) is 17.8. The van der Waals surface area contributed by atoms with Crippen LogP contribution in [0.5, 0.6) is 0 Å². The van der Waals surface area contributed by atoms with Crippen molar-refractivity contribution in [3.05, 3.63) is 72.5 Å². The van der Waals surface area contributed by atoms with Gasteiger partial charge in [0.1, 0.15) is 5.82 Å². The highest BCUT2D eigenvalue weighted by Gasteiger charge is 2.37. The minimum atomic E-state index is -0.686. The van der Waals surface area contributed by atoms with Crippen LogP contribution in [0.3, 0.4) is 0 Å². The summed E-state index contributed by atoms with van der Waals surface area (Å²) in [5, 5.41) is 3.61. The molecule has 0 saturated heterocycles. The van der Waals surface area contributed by atoms with Crippen LogP contribution in [0.1, 0.15) is 37.8 Å². The molecule has 0 unspecified atom stereocenters. The number of fused-ring (bicyclic) bond motifs is 1. The lowest BCUT2D eigenvalue weighted by Gasteiger charge is -2.31. The summed E-state index contributed by atoms with van der Waals surface area (Å²) in [5.74, 6) is -0.638. The van der Waals surface area contributed by atoms with E-state index in [4.69, 9.17) is 16.3 Å². The Labute approximate surface area is 173 Å². The number of allylic oxidation sites excluding steroid dienone is 1. The van der Waals surface area contributed by atoms with Crippen molar-refractivity contribution in [1.82, 2.24) is 9.13 Å². The second-order valence-corrected chi connectivity index (χ2v) is 8.05. The van der Waals surface area contributed by atoms with Gasteiger partial charge in [0.25, 0.3) is 5.56 Å². The van der Waals surface area contributed by atoms with E-state index in [1.807, 2.05) is 13.8 Å². The number of carbonyl (C=O) groups is 1. The number of anilines is 1. The Morgan fingerprint density at radius 3 is 2.38 bits per heavy atom. The highest BCUT2D eigenvalue weighted by molar-refractivity contribution is 6.30. The van der Waals surface area contributed by atoms with Crippen LogP contribution in [0.2, 0.25) is 5.02 Å². The normalized spacial score (nSPS) is 15.9. The smallest absolute Gasteiger partial charge is 0.336 e. The number of esters is 1. The summed E-state index contributed by atoms with van der Waals surface area (Å²) in [4.78, 5) is 38.5. The molecule has 0 saturated carbocycles. The standard InChI is InChI=1S/C21H24ClN3O4/c1-11(2)10-29-20(27)15-12(3)23-18-17(19(26)25(5)21(28)24(18)4)16(15)13-6-8-14(22)9-7-13/h6-9,11,16,23H,10H2,1-5H3/t16-/m0/s1. The summed E-state index contributed by atoms with van der Waals surface area (Å²) in [6.45, 7) is 5.90. The van der Waals surface area contributed by atoms with E-state index in [-0.39, 0.29) is 12.5 Å². The maximum absolute atomic E-state index is 13.1. The fourth-order valence-corrected chi connectivity index (χ4v) is 3.59. The molecule has 0 amide bonds. The first-order valence-corrected chi connectivity index (χ1v) is 9.71. The topological polar surface area (TPSA) is 82.3 Å². The molecule has 1 aliphatic heterocycles. The molecule has 0 aliphatic carbocycles. The Bertz CT molecular complexity index is 1110. The molecule has 1 aromatic heterocycles. The number of nitrogens with one attached hydrogen (secondary N) is 1. The van der Waals surface area contributed by atoms with E-state index in [0.717, 1.165) is 4.57 Å². The number of carbonyl (C=O) groups excluding carboxylic acids is 1. The van der Waals surface area contributed by atoms with Crippen molar-refractivity contribution >= 4 is 23.4 Å². The molecular weight excluding hydrogens is 394 g/mol. The third-order valence-corrected chi connectivity index (χ3v) is 5.21. The molecule has 0 spiro atoms. The molecule has 29 heavy (non-hydrogen) atoms. The first-order chi connectivity index (χ1) is 13.6. The number of hydrogen-bond donors (Lipinski definition) is 1. The third kappa shape index (κ3) is 3.74. The van der Waals surface area contributed by atoms with Gasteiger partial charge >= 0.3 is 11.7 Å². The van der Waals surface area contributed by atoms with E-state index in [9.17, 15) is 14.4 Å². The highest BCUT2D eigenvalue weighted by Crippen LogP contribution is 2.40. The number of hydrogen-bond acceptors (Lipinski definition) is 5. The number of rotatable bonds is 4. The van der Waals surface area contributed by atoms with Crippen LogP contribution < -0.4 is 16.6 Å². The maximum atomic E-state index is 13.1.